The number of hydrogen-bond acceptors (Lipinski definition) is 2. The summed E-state index contributed by atoms with van der Waals surface area (Å²) >= 11 is 0. The molecule has 2 aromatic rings. The molecule has 0 unspecified atom stereocenters. The molecule has 1 amide bonds. The van der Waals surface area contributed by atoms with Gasteiger partial charge >= 0.3 is 0 Å². The van der Waals surface area contributed by atoms with E-state index < -0.39 is 0 Å². The molecular weight excluding hydrogens is 212 g/mol. The highest BCUT2D eigenvalue weighted by molar-refractivity contribution is 5.82. The Labute approximate surface area is 99.9 Å². The van der Waals surface area contributed by atoms with Crippen molar-refractivity contribution in [1.29, 1.82) is 0 Å². The molecule has 2 rings (SSSR count). The van der Waals surface area contributed by atoms with Gasteiger partial charge in [0.25, 0.3) is 0 Å². The third-order valence-electron chi connectivity index (χ3n) is 2.30. The zero-order chi connectivity index (χ0) is 12.1. The monoisotopic (exact) mass is 224 g/mol. The quantitative estimate of drug-likeness (QED) is 0.749. The van der Waals surface area contributed by atoms with Crippen molar-refractivity contribution in [1.82, 2.24) is 10.3 Å². The Balaban J connectivity index is 2.16. The van der Waals surface area contributed by atoms with Gasteiger partial charge in [0.1, 0.15) is 0 Å². The second-order valence-corrected chi connectivity index (χ2v) is 3.65. The minimum atomic E-state index is -0.0658. The molecule has 0 atom stereocenters. The fourth-order valence-electron chi connectivity index (χ4n) is 1.48. The third-order valence-corrected chi connectivity index (χ3v) is 2.30. The standard InChI is InChI=1S/C14H12N2O/c1-11(17)16-7-2-3-12-4-5-14-10-15-8-6-13(14)9-12/h4-6,8-10H,7H2,1H3,(H,16,17). The smallest absolute Gasteiger partial charge is 0.217 e. The lowest BCUT2D eigenvalue weighted by Crippen LogP contribution is -2.19. The van der Waals surface area contributed by atoms with E-state index in [1.165, 1.54) is 6.92 Å². The molecule has 3 heteroatoms. The molecule has 0 saturated carbocycles. The van der Waals surface area contributed by atoms with E-state index >= 15 is 0 Å². The second kappa shape index (κ2) is 5.13. The fraction of sp³-hybridized carbons (Fsp3) is 0.143. The maximum Gasteiger partial charge on any atom is 0.217 e. The lowest BCUT2D eigenvalue weighted by atomic mass is 10.1. The number of carbonyl (C=O) groups excluding carboxylic acids is 1. The number of nitrogens with zero attached hydrogens (tertiary/aromatic N) is 1. The van der Waals surface area contributed by atoms with Crippen LogP contribution in [0.2, 0.25) is 0 Å². The van der Waals surface area contributed by atoms with Gasteiger partial charge < -0.3 is 5.32 Å². The molecule has 0 saturated heterocycles. The van der Waals surface area contributed by atoms with Gasteiger partial charge in [-0.15, -0.1) is 0 Å². The summed E-state index contributed by atoms with van der Waals surface area (Å²) in [5.41, 5.74) is 0.939. The normalized spacial score (nSPS) is 9.47. The van der Waals surface area contributed by atoms with E-state index in [1.54, 1.807) is 6.20 Å². The van der Waals surface area contributed by atoms with Crippen LogP contribution in [0.5, 0.6) is 0 Å². The van der Waals surface area contributed by atoms with Crippen LogP contribution in [0.3, 0.4) is 0 Å². The number of aromatic nitrogens is 1. The van der Waals surface area contributed by atoms with E-state index in [0.29, 0.717) is 6.54 Å². The predicted molar refractivity (Wildman–Crippen MR) is 67.3 cm³/mol. The lowest BCUT2D eigenvalue weighted by molar-refractivity contribution is -0.118. The Morgan fingerprint density at radius 1 is 1.35 bits per heavy atom. The summed E-state index contributed by atoms with van der Waals surface area (Å²) in [6.45, 7) is 1.86. The van der Waals surface area contributed by atoms with Crippen molar-refractivity contribution in [2.45, 2.75) is 6.92 Å². The molecule has 1 N–H and O–H groups in total. The Morgan fingerprint density at radius 3 is 3.06 bits per heavy atom. The molecule has 3 nitrogen and oxygen atoms in total. The van der Waals surface area contributed by atoms with Gasteiger partial charge in [0.2, 0.25) is 5.91 Å². The Kier molecular flexibility index (Phi) is 3.37. The van der Waals surface area contributed by atoms with Gasteiger partial charge in [-0.1, -0.05) is 17.9 Å². The highest BCUT2D eigenvalue weighted by atomic mass is 16.1. The number of carbonyl (C=O) groups is 1. The summed E-state index contributed by atoms with van der Waals surface area (Å²) in [5.74, 6) is 5.84. The van der Waals surface area contributed by atoms with Crippen molar-refractivity contribution < 1.29 is 4.79 Å². The van der Waals surface area contributed by atoms with E-state index in [9.17, 15) is 4.79 Å². The van der Waals surface area contributed by atoms with E-state index in [-0.39, 0.29) is 5.91 Å². The summed E-state index contributed by atoms with van der Waals surface area (Å²) in [6.07, 6.45) is 3.58. The average molecular weight is 224 g/mol. The molecule has 0 spiro atoms. The summed E-state index contributed by atoms with van der Waals surface area (Å²) in [6, 6.07) is 7.90. The first-order chi connectivity index (χ1) is 8.25. The number of nitrogens with one attached hydrogen (secondary N) is 1. The summed E-state index contributed by atoms with van der Waals surface area (Å²) in [7, 11) is 0. The number of benzene rings is 1. The van der Waals surface area contributed by atoms with Crippen LogP contribution in [0.4, 0.5) is 0 Å². The first kappa shape index (κ1) is 11.2. The van der Waals surface area contributed by atoms with Crippen LogP contribution < -0.4 is 5.32 Å². The molecule has 1 heterocycles. The first-order valence-corrected chi connectivity index (χ1v) is 5.33. The Morgan fingerprint density at radius 2 is 2.24 bits per heavy atom. The topological polar surface area (TPSA) is 42.0 Å². The van der Waals surface area contributed by atoms with E-state index in [2.05, 4.69) is 22.1 Å². The summed E-state index contributed by atoms with van der Waals surface area (Å²) < 4.78 is 0. The fourth-order valence-corrected chi connectivity index (χ4v) is 1.48. The van der Waals surface area contributed by atoms with E-state index in [1.807, 2.05) is 30.5 Å². The van der Waals surface area contributed by atoms with Crippen molar-refractivity contribution in [3.05, 3.63) is 42.2 Å². The lowest BCUT2D eigenvalue weighted by Gasteiger charge is -1.97. The van der Waals surface area contributed by atoms with Crippen LogP contribution in [-0.4, -0.2) is 17.4 Å². The SMILES string of the molecule is CC(=O)NCC#Cc1ccc2cnccc2c1. The number of fused-ring (bicyclic) bond motifs is 1. The summed E-state index contributed by atoms with van der Waals surface area (Å²) in [5, 5.41) is 4.84. The molecule has 84 valence electrons. The van der Waals surface area contributed by atoms with Crippen LogP contribution in [0.15, 0.2) is 36.7 Å². The van der Waals surface area contributed by atoms with Crippen molar-refractivity contribution in [2.75, 3.05) is 6.54 Å². The largest absolute Gasteiger partial charge is 0.345 e. The zero-order valence-electron chi connectivity index (χ0n) is 9.53. The van der Waals surface area contributed by atoms with Crippen LogP contribution >= 0.6 is 0 Å². The molecule has 1 aromatic carbocycles. The van der Waals surface area contributed by atoms with Crippen molar-refractivity contribution in [3.63, 3.8) is 0 Å². The van der Waals surface area contributed by atoms with Crippen molar-refractivity contribution >= 4 is 16.7 Å². The van der Waals surface area contributed by atoms with Crippen LogP contribution in [0, 0.1) is 11.8 Å². The van der Waals surface area contributed by atoms with Crippen molar-refractivity contribution in [3.8, 4) is 11.8 Å². The molecule has 17 heavy (non-hydrogen) atoms. The molecule has 0 fully saturated rings. The van der Waals surface area contributed by atoms with Crippen molar-refractivity contribution in [2.24, 2.45) is 0 Å². The van der Waals surface area contributed by atoms with Gasteiger partial charge in [-0.05, 0) is 23.6 Å². The zero-order valence-corrected chi connectivity index (χ0v) is 9.53. The molecule has 0 aliphatic heterocycles. The minimum Gasteiger partial charge on any atom is -0.345 e. The number of amides is 1. The van der Waals surface area contributed by atoms with Gasteiger partial charge in [-0.3, -0.25) is 9.78 Å². The number of rotatable bonds is 1. The van der Waals surface area contributed by atoms with Crippen LogP contribution in [-0.2, 0) is 4.79 Å². The third kappa shape index (κ3) is 3.05. The Bertz CT molecular complexity index is 608. The predicted octanol–water partition coefficient (Wildman–Crippen LogP) is 1.72. The maximum absolute atomic E-state index is 10.6. The average Bonchev–Trinajstić information content (AvgIpc) is 2.34. The molecule has 0 aliphatic rings. The summed E-state index contributed by atoms with van der Waals surface area (Å²) in [4.78, 5) is 14.7. The van der Waals surface area contributed by atoms with Crippen LogP contribution in [0.1, 0.15) is 12.5 Å². The van der Waals surface area contributed by atoms with Crippen LogP contribution in [0.25, 0.3) is 10.8 Å². The van der Waals surface area contributed by atoms with Gasteiger partial charge in [0, 0.05) is 30.3 Å². The Hall–Kier alpha value is -2.34. The minimum absolute atomic E-state index is 0.0658. The van der Waals surface area contributed by atoms with Gasteiger partial charge in [0.05, 0.1) is 6.54 Å². The van der Waals surface area contributed by atoms with Gasteiger partial charge in [-0.2, -0.15) is 0 Å². The number of hydrogen-bond donors (Lipinski definition) is 1. The maximum atomic E-state index is 10.6. The van der Waals surface area contributed by atoms with E-state index in [0.717, 1.165) is 16.3 Å². The highest BCUT2D eigenvalue weighted by Crippen LogP contribution is 2.13. The molecule has 0 bridgehead atoms. The molecule has 0 radical (unpaired) electrons. The second-order valence-electron chi connectivity index (χ2n) is 3.65. The first-order valence-electron chi connectivity index (χ1n) is 5.33. The van der Waals surface area contributed by atoms with Gasteiger partial charge in [-0.25, -0.2) is 0 Å². The van der Waals surface area contributed by atoms with E-state index in [4.69, 9.17) is 0 Å². The van der Waals surface area contributed by atoms with Gasteiger partial charge in [0.15, 0.2) is 0 Å². The molecule has 1 aromatic heterocycles. The molecule has 0 aliphatic carbocycles. The molecular formula is C14H12N2O. The highest BCUT2D eigenvalue weighted by Gasteiger charge is 1.93. The number of pyridine rings is 1.